The van der Waals surface area contributed by atoms with E-state index in [9.17, 15) is 9.59 Å². The van der Waals surface area contributed by atoms with Gasteiger partial charge >= 0.3 is 12.2 Å². The smallest absolute Gasteiger partial charge is 0.444 e. The summed E-state index contributed by atoms with van der Waals surface area (Å²) in [5.74, 6) is 0.220. The van der Waals surface area contributed by atoms with Gasteiger partial charge in [0.25, 0.3) is 0 Å². The fourth-order valence-corrected chi connectivity index (χ4v) is 1.49. The molecular weight excluding hydrogens is 300 g/mol. The monoisotopic (exact) mass is 324 g/mol. The second-order valence-electron chi connectivity index (χ2n) is 6.91. The van der Waals surface area contributed by atoms with E-state index in [-0.39, 0.29) is 12.3 Å². The molecule has 0 aliphatic carbocycles. The van der Waals surface area contributed by atoms with Crippen LogP contribution >= 0.6 is 0 Å². The maximum Gasteiger partial charge on any atom is 0.514 e. The number of aromatic nitrogens is 1. The van der Waals surface area contributed by atoms with Gasteiger partial charge in [-0.1, -0.05) is 0 Å². The van der Waals surface area contributed by atoms with Gasteiger partial charge in [0, 0.05) is 18.3 Å². The van der Waals surface area contributed by atoms with Crippen LogP contribution in [0.5, 0.6) is 5.75 Å². The minimum absolute atomic E-state index is 0.134. The Kier molecular flexibility index (Phi) is 5.95. The van der Waals surface area contributed by atoms with Crippen molar-refractivity contribution in [1.82, 2.24) is 10.3 Å². The summed E-state index contributed by atoms with van der Waals surface area (Å²) in [5, 5.41) is 2.60. The summed E-state index contributed by atoms with van der Waals surface area (Å²) in [7, 11) is 0. The number of carbonyl (C=O) groups excluding carboxylic acids is 2. The number of rotatable bonds is 3. The van der Waals surface area contributed by atoms with E-state index >= 15 is 0 Å². The van der Waals surface area contributed by atoms with Crippen molar-refractivity contribution in [2.24, 2.45) is 0 Å². The second-order valence-corrected chi connectivity index (χ2v) is 6.91. The van der Waals surface area contributed by atoms with Crippen LogP contribution in [0.1, 0.15) is 47.1 Å². The largest absolute Gasteiger partial charge is 0.514 e. The Morgan fingerprint density at radius 1 is 1.09 bits per heavy atom. The molecule has 1 aromatic rings. The highest BCUT2D eigenvalue weighted by molar-refractivity contribution is 5.68. The Morgan fingerprint density at radius 2 is 1.70 bits per heavy atom. The van der Waals surface area contributed by atoms with Crippen molar-refractivity contribution in [3.63, 3.8) is 0 Å². The fourth-order valence-electron chi connectivity index (χ4n) is 1.49. The second kappa shape index (κ2) is 7.30. The zero-order chi connectivity index (χ0) is 17.7. The van der Waals surface area contributed by atoms with Crippen molar-refractivity contribution in [3.8, 4) is 5.75 Å². The van der Waals surface area contributed by atoms with E-state index in [1.807, 2.05) is 0 Å². The molecule has 0 aromatic carbocycles. The molecule has 1 amide bonds. The third kappa shape index (κ3) is 8.04. The molecule has 0 unspecified atom stereocenters. The summed E-state index contributed by atoms with van der Waals surface area (Å²) >= 11 is 0. The van der Waals surface area contributed by atoms with E-state index in [2.05, 4.69) is 10.3 Å². The first kappa shape index (κ1) is 18.7. The number of carbonyl (C=O) groups is 2. The molecule has 7 heteroatoms. The summed E-state index contributed by atoms with van der Waals surface area (Å²) < 4.78 is 15.4. The lowest BCUT2D eigenvalue weighted by atomic mass is 10.2. The van der Waals surface area contributed by atoms with E-state index in [0.717, 1.165) is 0 Å². The molecule has 0 bridgehead atoms. The van der Waals surface area contributed by atoms with Gasteiger partial charge in [-0.25, -0.2) is 9.59 Å². The standard InChI is InChI=1S/C16H24N2O5/c1-15(2,3)22-13(19)18-9-11-7-8-17-10-12(11)21-14(20)23-16(4,5)6/h7-8,10H,9H2,1-6H3,(H,18,19). The minimum atomic E-state index is -0.830. The first-order chi connectivity index (χ1) is 10.5. The van der Waals surface area contributed by atoms with Crippen LogP contribution in [0.3, 0.4) is 0 Å². The quantitative estimate of drug-likeness (QED) is 0.857. The highest BCUT2D eigenvalue weighted by Crippen LogP contribution is 2.18. The lowest BCUT2D eigenvalue weighted by molar-refractivity contribution is 0.0203. The number of alkyl carbamates (subject to hydrolysis) is 1. The molecule has 0 fully saturated rings. The van der Waals surface area contributed by atoms with E-state index in [4.69, 9.17) is 14.2 Å². The molecular formula is C16H24N2O5. The van der Waals surface area contributed by atoms with Crippen LogP contribution in [0.25, 0.3) is 0 Å². The van der Waals surface area contributed by atoms with Gasteiger partial charge in [-0.2, -0.15) is 0 Å². The molecule has 0 radical (unpaired) electrons. The van der Waals surface area contributed by atoms with Crippen LogP contribution in [-0.2, 0) is 16.0 Å². The fraction of sp³-hybridized carbons (Fsp3) is 0.562. The predicted molar refractivity (Wildman–Crippen MR) is 84.2 cm³/mol. The summed E-state index contributed by atoms with van der Waals surface area (Å²) in [5.41, 5.74) is -0.663. The van der Waals surface area contributed by atoms with E-state index < -0.39 is 23.5 Å². The molecule has 0 atom stereocenters. The molecule has 1 heterocycles. The third-order valence-electron chi connectivity index (χ3n) is 2.27. The van der Waals surface area contributed by atoms with Crippen LogP contribution in [0, 0.1) is 0 Å². The maximum atomic E-state index is 11.7. The normalized spacial score (nSPS) is 11.6. The SMILES string of the molecule is CC(C)(C)OC(=O)NCc1ccncc1OC(=O)OC(C)(C)C. The van der Waals surface area contributed by atoms with Gasteiger partial charge in [0.2, 0.25) is 0 Å². The van der Waals surface area contributed by atoms with Crippen LogP contribution in [0.2, 0.25) is 0 Å². The molecule has 1 aromatic heterocycles. The number of ether oxygens (including phenoxy) is 3. The molecule has 1 rings (SSSR count). The van der Waals surface area contributed by atoms with Gasteiger partial charge in [0.15, 0.2) is 5.75 Å². The Labute approximate surface area is 136 Å². The van der Waals surface area contributed by atoms with Gasteiger partial charge in [0.1, 0.15) is 11.2 Å². The molecule has 0 saturated heterocycles. The number of hydrogen-bond acceptors (Lipinski definition) is 6. The van der Waals surface area contributed by atoms with Gasteiger partial charge in [-0.3, -0.25) is 4.98 Å². The first-order valence-electron chi connectivity index (χ1n) is 7.27. The Bertz CT molecular complexity index is 558. The van der Waals surface area contributed by atoms with E-state index in [1.165, 1.54) is 12.4 Å². The Morgan fingerprint density at radius 3 is 2.26 bits per heavy atom. The molecule has 0 saturated carbocycles. The van der Waals surface area contributed by atoms with Crippen LogP contribution < -0.4 is 10.1 Å². The highest BCUT2D eigenvalue weighted by Gasteiger charge is 2.20. The average molecular weight is 324 g/mol. The number of hydrogen-bond donors (Lipinski definition) is 1. The summed E-state index contributed by atoms with van der Waals surface area (Å²) in [6.45, 7) is 10.7. The zero-order valence-corrected chi connectivity index (χ0v) is 14.4. The van der Waals surface area contributed by atoms with Crippen LogP contribution in [0.15, 0.2) is 18.5 Å². The van der Waals surface area contributed by atoms with Crippen molar-refractivity contribution in [2.45, 2.75) is 59.3 Å². The lowest BCUT2D eigenvalue weighted by Gasteiger charge is -2.20. The number of pyridine rings is 1. The Hall–Kier alpha value is -2.31. The van der Waals surface area contributed by atoms with Gasteiger partial charge < -0.3 is 19.5 Å². The summed E-state index contributed by atoms with van der Waals surface area (Å²) in [6.07, 6.45) is 1.53. The first-order valence-corrected chi connectivity index (χ1v) is 7.27. The van der Waals surface area contributed by atoms with Gasteiger partial charge in [0.05, 0.1) is 6.20 Å². The Balaban J connectivity index is 2.67. The van der Waals surface area contributed by atoms with Gasteiger partial charge in [-0.15, -0.1) is 0 Å². The van der Waals surface area contributed by atoms with Gasteiger partial charge in [-0.05, 0) is 47.6 Å². The summed E-state index contributed by atoms with van der Waals surface area (Å²) in [6, 6.07) is 1.64. The van der Waals surface area contributed by atoms with E-state index in [1.54, 1.807) is 47.6 Å². The van der Waals surface area contributed by atoms with Crippen molar-refractivity contribution >= 4 is 12.2 Å². The summed E-state index contributed by atoms with van der Waals surface area (Å²) in [4.78, 5) is 27.3. The molecule has 0 spiro atoms. The number of nitrogens with one attached hydrogen (secondary N) is 1. The highest BCUT2D eigenvalue weighted by atomic mass is 16.7. The predicted octanol–water partition coefficient (Wildman–Crippen LogP) is 3.42. The third-order valence-corrected chi connectivity index (χ3v) is 2.27. The van der Waals surface area contributed by atoms with Crippen LogP contribution in [0.4, 0.5) is 9.59 Å². The molecule has 23 heavy (non-hydrogen) atoms. The lowest BCUT2D eigenvalue weighted by Crippen LogP contribution is -2.32. The van der Waals surface area contributed by atoms with Crippen molar-refractivity contribution in [2.75, 3.05) is 0 Å². The molecule has 0 aliphatic heterocycles. The molecule has 7 nitrogen and oxygen atoms in total. The van der Waals surface area contributed by atoms with Crippen molar-refractivity contribution in [1.29, 1.82) is 0 Å². The van der Waals surface area contributed by atoms with E-state index in [0.29, 0.717) is 5.56 Å². The minimum Gasteiger partial charge on any atom is -0.444 e. The van der Waals surface area contributed by atoms with Crippen molar-refractivity contribution < 1.29 is 23.8 Å². The number of amides is 1. The zero-order valence-electron chi connectivity index (χ0n) is 14.4. The molecule has 128 valence electrons. The number of nitrogens with zero attached hydrogens (tertiary/aromatic N) is 1. The molecule has 1 N–H and O–H groups in total. The topological polar surface area (TPSA) is 86.8 Å². The average Bonchev–Trinajstić information content (AvgIpc) is 2.33. The molecule has 0 aliphatic rings. The maximum absolute atomic E-state index is 11.7. The van der Waals surface area contributed by atoms with Crippen molar-refractivity contribution in [3.05, 3.63) is 24.0 Å². The van der Waals surface area contributed by atoms with Crippen LogP contribution in [-0.4, -0.2) is 28.4 Å².